The van der Waals surface area contributed by atoms with Crippen LogP contribution in [-0.2, 0) is 16.1 Å². The lowest BCUT2D eigenvalue weighted by molar-refractivity contribution is -0.126. The number of primary amides is 1. The Morgan fingerprint density at radius 2 is 2.04 bits per heavy atom. The summed E-state index contributed by atoms with van der Waals surface area (Å²) in [6.45, 7) is 3.24. The van der Waals surface area contributed by atoms with E-state index in [1.807, 2.05) is 17.7 Å². The highest BCUT2D eigenvalue weighted by Gasteiger charge is 2.21. The lowest BCUT2D eigenvalue weighted by Gasteiger charge is -2.14. The largest absolute Gasteiger partial charge is 0.369 e. The van der Waals surface area contributed by atoms with Crippen LogP contribution in [-0.4, -0.2) is 27.9 Å². The summed E-state index contributed by atoms with van der Waals surface area (Å²) in [6.07, 6.45) is 4.46. The first-order chi connectivity index (χ1) is 11.5. The van der Waals surface area contributed by atoms with Gasteiger partial charge in [0.25, 0.3) is 0 Å². The molecule has 1 heterocycles. The van der Waals surface area contributed by atoms with Gasteiger partial charge in [-0.3, -0.25) is 9.59 Å². The number of aromatic nitrogens is 2. The topological polar surface area (TPSA) is 90.0 Å². The van der Waals surface area contributed by atoms with Gasteiger partial charge in [-0.15, -0.1) is 0 Å². The number of halogens is 1. The number of carbonyl (C=O) groups excluding carboxylic acids is 2. The maximum atomic E-state index is 12.1. The Hall–Kier alpha value is -2.34. The molecule has 0 saturated heterocycles. The lowest BCUT2D eigenvalue weighted by Crippen LogP contribution is -2.31. The van der Waals surface area contributed by atoms with Crippen LogP contribution in [0.3, 0.4) is 0 Å². The number of nitrogens with one attached hydrogen (secondary N) is 1. The summed E-state index contributed by atoms with van der Waals surface area (Å²) < 4.78 is 2.02. The van der Waals surface area contributed by atoms with Crippen molar-refractivity contribution < 1.29 is 9.59 Å². The second kappa shape index (κ2) is 8.49. The predicted octanol–water partition coefficient (Wildman–Crippen LogP) is 2.01. The molecule has 0 aliphatic heterocycles. The maximum absolute atomic E-state index is 12.1. The van der Waals surface area contributed by atoms with Crippen LogP contribution in [0.15, 0.2) is 36.7 Å². The van der Waals surface area contributed by atoms with Gasteiger partial charge in [0.15, 0.2) is 0 Å². The zero-order chi connectivity index (χ0) is 17.5. The van der Waals surface area contributed by atoms with Gasteiger partial charge >= 0.3 is 0 Å². The summed E-state index contributed by atoms with van der Waals surface area (Å²) in [7, 11) is 0. The van der Waals surface area contributed by atoms with Crippen molar-refractivity contribution in [3.05, 3.63) is 53.1 Å². The fourth-order valence-corrected chi connectivity index (χ4v) is 2.58. The molecular weight excluding hydrogens is 328 g/mol. The summed E-state index contributed by atoms with van der Waals surface area (Å²) in [5.41, 5.74) is 6.12. The molecule has 3 N–H and O–H groups in total. The van der Waals surface area contributed by atoms with E-state index in [1.165, 1.54) is 0 Å². The van der Waals surface area contributed by atoms with Crippen LogP contribution in [0.4, 0.5) is 0 Å². The third-order valence-corrected chi connectivity index (χ3v) is 4.08. The zero-order valence-electron chi connectivity index (χ0n) is 13.5. The van der Waals surface area contributed by atoms with Crippen molar-refractivity contribution in [3.8, 4) is 0 Å². The van der Waals surface area contributed by atoms with E-state index in [9.17, 15) is 9.59 Å². The number of aryl methyl sites for hydroxylation is 2. The van der Waals surface area contributed by atoms with Crippen molar-refractivity contribution in [2.75, 3.05) is 6.54 Å². The van der Waals surface area contributed by atoms with Crippen LogP contribution in [0.25, 0.3) is 0 Å². The standard InChI is InChI=1S/C17H21ClN4O2/c1-12-20-8-10-22(12)9-2-7-21-16(23)11-15(17(19)24)13-3-5-14(18)6-4-13/h3-6,8,10,15H,2,7,9,11H2,1H3,(H2,19,24)(H,21,23). The molecule has 0 aliphatic carbocycles. The number of nitrogens with two attached hydrogens (primary N) is 1. The first-order valence-electron chi connectivity index (χ1n) is 7.76. The molecule has 0 spiro atoms. The molecule has 2 amide bonds. The summed E-state index contributed by atoms with van der Waals surface area (Å²) >= 11 is 5.84. The Morgan fingerprint density at radius 1 is 1.33 bits per heavy atom. The second-order valence-electron chi connectivity index (χ2n) is 5.58. The van der Waals surface area contributed by atoms with E-state index in [4.69, 9.17) is 17.3 Å². The summed E-state index contributed by atoms with van der Waals surface area (Å²) in [5.74, 6) is -0.436. The Balaban J connectivity index is 1.81. The molecule has 0 bridgehead atoms. The molecule has 0 fully saturated rings. The molecule has 2 rings (SSSR count). The monoisotopic (exact) mass is 348 g/mol. The van der Waals surface area contributed by atoms with Gasteiger partial charge in [0, 0.05) is 36.9 Å². The summed E-state index contributed by atoms with van der Waals surface area (Å²) in [5, 5.41) is 3.40. The number of carbonyl (C=O) groups is 2. The van der Waals surface area contributed by atoms with Gasteiger partial charge in [0.1, 0.15) is 5.82 Å². The minimum Gasteiger partial charge on any atom is -0.369 e. The van der Waals surface area contributed by atoms with E-state index < -0.39 is 11.8 Å². The van der Waals surface area contributed by atoms with E-state index in [2.05, 4.69) is 10.3 Å². The molecule has 0 saturated carbocycles. The van der Waals surface area contributed by atoms with Crippen LogP contribution >= 0.6 is 11.6 Å². The molecule has 6 nitrogen and oxygen atoms in total. The number of hydrogen-bond donors (Lipinski definition) is 2. The molecule has 2 aromatic rings. The normalized spacial score (nSPS) is 11.9. The molecular formula is C17H21ClN4O2. The first-order valence-corrected chi connectivity index (χ1v) is 8.14. The van der Waals surface area contributed by atoms with Crippen LogP contribution in [0.1, 0.15) is 30.1 Å². The van der Waals surface area contributed by atoms with E-state index in [-0.39, 0.29) is 12.3 Å². The molecule has 1 unspecified atom stereocenters. The number of nitrogens with zero attached hydrogens (tertiary/aromatic N) is 2. The first kappa shape index (κ1) is 18.0. The fraction of sp³-hybridized carbons (Fsp3) is 0.353. The van der Waals surface area contributed by atoms with E-state index in [1.54, 1.807) is 30.5 Å². The van der Waals surface area contributed by atoms with Crippen molar-refractivity contribution in [1.82, 2.24) is 14.9 Å². The van der Waals surface area contributed by atoms with Gasteiger partial charge in [-0.25, -0.2) is 4.98 Å². The maximum Gasteiger partial charge on any atom is 0.225 e. The summed E-state index contributed by atoms with van der Waals surface area (Å²) in [6, 6.07) is 6.79. The van der Waals surface area contributed by atoms with Crippen molar-refractivity contribution in [2.24, 2.45) is 5.73 Å². The third kappa shape index (κ3) is 5.09. The number of rotatable bonds is 8. The smallest absolute Gasteiger partial charge is 0.225 e. The van der Waals surface area contributed by atoms with Crippen LogP contribution in [0, 0.1) is 6.92 Å². The minimum atomic E-state index is -0.654. The van der Waals surface area contributed by atoms with Gasteiger partial charge in [0.2, 0.25) is 11.8 Å². The minimum absolute atomic E-state index is 0.0288. The average molecular weight is 349 g/mol. The van der Waals surface area contributed by atoms with E-state index in [0.29, 0.717) is 17.1 Å². The quantitative estimate of drug-likeness (QED) is 0.715. The average Bonchev–Trinajstić information content (AvgIpc) is 2.95. The Labute approximate surface area is 146 Å². The number of imidazole rings is 1. The number of benzene rings is 1. The van der Waals surface area contributed by atoms with E-state index in [0.717, 1.165) is 18.8 Å². The third-order valence-electron chi connectivity index (χ3n) is 3.83. The van der Waals surface area contributed by atoms with Gasteiger partial charge in [-0.2, -0.15) is 0 Å². The van der Waals surface area contributed by atoms with Crippen molar-refractivity contribution in [3.63, 3.8) is 0 Å². The SMILES string of the molecule is Cc1nccn1CCCNC(=O)CC(C(N)=O)c1ccc(Cl)cc1. The second-order valence-corrected chi connectivity index (χ2v) is 6.02. The van der Waals surface area contributed by atoms with Crippen molar-refractivity contribution in [1.29, 1.82) is 0 Å². The van der Waals surface area contributed by atoms with Gasteiger partial charge in [-0.1, -0.05) is 23.7 Å². The van der Waals surface area contributed by atoms with Crippen LogP contribution in [0.2, 0.25) is 5.02 Å². The molecule has 0 radical (unpaired) electrons. The molecule has 1 aromatic heterocycles. The molecule has 1 aromatic carbocycles. The fourth-order valence-electron chi connectivity index (χ4n) is 2.45. The lowest BCUT2D eigenvalue weighted by atomic mass is 9.95. The Morgan fingerprint density at radius 3 is 2.62 bits per heavy atom. The molecule has 24 heavy (non-hydrogen) atoms. The summed E-state index contributed by atoms with van der Waals surface area (Å²) in [4.78, 5) is 27.8. The Bertz CT molecular complexity index is 697. The van der Waals surface area contributed by atoms with Crippen molar-refractivity contribution >= 4 is 23.4 Å². The highest BCUT2D eigenvalue weighted by molar-refractivity contribution is 6.30. The van der Waals surface area contributed by atoms with Gasteiger partial charge in [0.05, 0.1) is 5.92 Å². The number of hydrogen-bond acceptors (Lipinski definition) is 3. The molecule has 7 heteroatoms. The van der Waals surface area contributed by atoms with Crippen LogP contribution in [0.5, 0.6) is 0 Å². The Kier molecular flexibility index (Phi) is 6.37. The molecule has 128 valence electrons. The van der Waals surface area contributed by atoms with E-state index >= 15 is 0 Å². The highest BCUT2D eigenvalue weighted by atomic mass is 35.5. The van der Waals surface area contributed by atoms with Crippen molar-refractivity contribution in [2.45, 2.75) is 32.2 Å². The molecule has 0 aliphatic rings. The molecule has 1 atom stereocenters. The zero-order valence-corrected chi connectivity index (χ0v) is 14.3. The van der Waals surface area contributed by atoms with Gasteiger partial charge in [-0.05, 0) is 31.0 Å². The number of amides is 2. The highest BCUT2D eigenvalue weighted by Crippen LogP contribution is 2.21. The van der Waals surface area contributed by atoms with Gasteiger partial charge < -0.3 is 15.6 Å². The van der Waals surface area contributed by atoms with Crippen LogP contribution < -0.4 is 11.1 Å². The predicted molar refractivity (Wildman–Crippen MR) is 92.6 cm³/mol.